The molecule has 3 rings (SSSR count). The molecule has 17 heavy (non-hydrogen) atoms. The van der Waals surface area contributed by atoms with E-state index in [4.69, 9.17) is 0 Å². The summed E-state index contributed by atoms with van der Waals surface area (Å²) in [6, 6.07) is 5.08. The second-order valence-electron chi connectivity index (χ2n) is 4.64. The van der Waals surface area contributed by atoms with Gasteiger partial charge in [0.1, 0.15) is 5.82 Å². The molecule has 1 aromatic heterocycles. The van der Waals surface area contributed by atoms with Crippen molar-refractivity contribution in [1.29, 1.82) is 0 Å². The summed E-state index contributed by atoms with van der Waals surface area (Å²) in [7, 11) is 2.17. The van der Waals surface area contributed by atoms with E-state index in [1.165, 1.54) is 32.0 Å². The summed E-state index contributed by atoms with van der Waals surface area (Å²) in [6.07, 6.45) is 4.64. The van der Waals surface area contributed by atoms with Crippen LogP contribution in [0.2, 0.25) is 0 Å². The Morgan fingerprint density at radius 2 is 1.94 bits per heavy atom. The third-order valence-electron chi connectivity index (χ3n) is 3.20. The Morgan fingerprint density at radius 3 is 2.47 bits per heavy atom. The largest absolute Gasteiger partial charge is 0.359 e. The highest BCUT2D eigenvalue weighted by Crippen LogP contribution is 2.19. The Morgan fingerprint density at radius 1 is 1.24 bits per heavy atom. The van der Waals surface area contributed by atoms with Crippen LogP contribution in [0.15, 0.2) is 24.4 Å². The monoisotopic (exact) mass is 234 g/mol. The van der Waals surface area contributed by atoms with Crippen molar-refractivity contribution in [3.63, 3.8) is 0 Å². The zero-order valence-corrected chi connectivity index (χ0v) is 10.5. The third-order valence-corrected chi connectivity index (χ3v) is 3.20. The van der Waals surface area contributed by atoms with Gasteiger partial charge in [-0.3, -0.25) is 0 Å². The lowest BCUT2D eigenvalue weighted by atomic mass is 10.2. The van der Waals surface area contributed by atoms with Gasteiger partial charge in [0.05, 0.1) is 5.52 Å². The number of aromatic nitrogens is 1. The molecule has 1 aromatic carbocycles. The number of nitrogens with one attached hydrogen (secondary N) is 1. The van der Waals surface area contributed by atoms with Crippen molar-refractivity contribution in [2.24, 2.45) is 0 Å². The number of benzene rings is 1. The van der Waals surface area contributed by atoms with E-state index in [0.717, 1.165) is 10.9 Å². The smallest absolute Gasteiger partial charge is 0.147 e. The summed E-state index contributed by atoms with van der Waals surface area (Å²) in [5.41, 5.74) is 1.68. The van der Waals surface area contributed by atoms with Crippen molar-refractivity contribution in [3.8, 4) is 0 Å². The third kappa shape index (κ3) is 2.86. The fourth-order valence-electron chi connectivity index (χ4n) is 2.13. The lowest BCUT2D eigenvalue weighted by Crippen LogP contribution is -2.10. The number of rotatable bonds is 0. The summed E-state index contributed by atoms with van der Waals surface area (Å²) in [5.74, 6) is -0.185. The summed E-state index contributed by atoms with van der Waals surface area (Å²) in [4.78, 5) is 5.24. The van der Waals surface area contributed by atoms with Crippen molar-refractivity contribution in [1.82, 2.24) is 9.88 Å². The first-order chi connectivity index (χ1) is 8.18. The molecule has 0 bridgehead atoms. The highest BCUT2D eigenvalue weighted by Gasteiger charge is 2.03. The molecular formula is C14H19FN2. The second-order valence-corrected chi connectivity index (χ2v) is 4.64. The Bertz CT molecular complexity index is 484. The van der Waals surface area contributed by atoms with Crippen LogP contribution in [0, 0.1) is 12.7 Å². The minimum atomic E-state index is -0.185. The van der Waals surface area contributed by atoms with Crippen LogP contribution in [0.3, 0.4) is 0 Å². The highest BCUT2D eigenvalue weighted by molar-refractivity contribution is 5.83. The van der Waals surface area contributed by atoms with E-state index in [1.807, 2.05) is 19.2 Å². The van der Waals surface area contributed by atoms with E-state index >= 15 is 0 Å². The van der Waals surface area contributed by atoms with Crippen molar-refractivity contribution in [2.75, 3.05) is 20.1 Å². The van der Waals surface area contributed by atoms with Crippen LogP contribution in [-0.4, -0.2) is 30.0 Å². The number of likely N-dealkylation sites (tertiary alicyclic amines) is 1. The maximum absolute atomic E-state index is 13.0. The summed E-state index contributed by atoms with van der Waals surface area (Å²) in [5, 5.41) is 0.963. The predicted octanol–water partition coefficient (Wildman–Crippen LogP) is 3.33. The lowest BCUT2D eigenvalue weighted by Gasteiger charge is -2.01. The molecule has 1 N–H and O–H groups in total. The summed E-state index contributed by atoms with van der Waals surface area (Å²) < 4.78 is 13.0. The predicted molar refractivity (Wildman–Crippen MR) is 69.7 cm³/mol. The van der Waals surface area contributed by atoms with Gasteiger partial charge in [0.25, 0.3) is 0 Å². The molecule has 0 atom stereocenters. The van der Waals surface area contributed by atoms with Gasteiger partial charge in [0.15, 0.2) is 0 Å². The number of nitrogens with zero attached hydrogens (tertiary/aromatic N) is 1. The second kappa shape index (κ2) is 5.32. The molecule has 2 nitrogen and oxygen atoms in total. The molecule has 1 fully saturated rings. The number of para-hydroxylation sites is 1. The van der Waals surface area contributed by atoms with Gasteiger partial charge in [0, 0.05) is 11.6 Å². The van der Waals surface area contributed by atoms with E-state index in [9.17, 15) is 4.39 Å². The molecule has 1 aliphatic rings. The van der Waals surface area contributed by atoms with Gasteiger partial charge in [-0.2, -0.15) is 0 Å². The molecular weight excluding hydrogens is 215 g/mol. The lowest BCUT2D eigenvalue weighted by molar-refractivity contribution is 0.418. The van der Waals surface area contributed by atoms with E-state index < -0.39 is 0 Å². The number of aromatic amines is 1. The normalized spacial score (nSPS) is 15.9. The Balaban J connectivity index is 0.000000153. The van der Waals surface area contributed by atoms with Gasteiger partial charge >= 0.3 is 0 Å². The van der Waals surface area contributed by atoms with Gasteiger partial charge in [-0.1, -0.05) is 12.1 Å². The van der Waals surface area contributed by atoms with Crippen LogP contribution in [-0.2, 0) is 0 Å². The Kier molecular flexibility index (Phi) is 3.79. The first-order valence-corrected chi connectivity index (χ1v) is 6.09. The standard InChI is InChI=1S/C9H8FN.C5H11N/c1-6-5-11-9-7(6)3-2-4-8(9)10;1-6-4-2-3-5-6/h2-5,11H,1H3;2-5H2,1H3. The van der Waals surface area contributed by atoms with Crippen molar-refractivity contribution >= 4 is 10.9 Å². The van der Waals surface area contributed by atoms with Gasteiger partial charge < -0.3 is 9.88 Å². The molecule has 3 heteroatoms. The number of H-pyrrole nitrogens is 1. The molecule has 2 aromatic rings. The van der Waals surface area contributed by atoms with Crippen LogP contribution in [0.5, 0.6) is 0 Å². The zero-order valence-electron chi connectivity index (χ0n) is 10.5. The molecule has 0 saturated carbocycles. The quantitative estimate of drug-likeness (QED) is 0.740. The van der Waals surface area contributed by atoms with Crippen molar-refractivity contribution in [3.05, 3.63) is 35.8 Å². The first kappa shape index (κ1) is 12.1. The van der Waals surface area contributed by atoms with Gasteiger partial charge in [-0.05, 0) is 51.5 Å². The fraction of sp³-hybridized carbons (Fsp3) is 0.429. The van der Waals surface area contributed by atoms with Gasteiger partial charge in [-0.25, -0.2) is 4.39 Å². The molecule has 0 spiro atoms. The summed E-state index contributed by atoms with van der Waals surface area (Å²) >= 11 is 0. The van der Waals surface area contributed by atoms with Gasteiger partial charge in [0.2, 0.25) is 0 Å². The molecule has 0 unspecified atom stereocenters. The minimum absolute atomic E-state index is 0.185. The Labute approximate surface area is 101 Å². The van der Waals surface area contributed by atoms with Crippen molar-refractivity contribution < 1.29 is 4.39 Å². The molecule has 2 heterocycles. The number of fused-ring (bicyclic) bond motifs is 1. The highest BCUT2D eigenvalue weighted by atomic mass is 19.1. The molecule has 0 radical (unpaired) electrons. The number of halogens is 1. The van der Waals surface area contributed by atoms with E-state index in [2.05, 4.69) is 16.9 Å². The van der Waals surface area contributed by atoms with E-state index in [-0.39, 0.29) is 5.82 Å². The fourth-order valence-corrected chi connectivity index (χ4v) is 2.13. The Hall–Kier alpha value is -1.35. The van der Waals surface area contributed by atoms with Crippen molar-refractivity contribution in [2.45, 2.75) is 19.8 Å². The average Bonchev–Trinajstić information content (AvgIpc) is 2.91. The van der Waals surface area contributed by atoms with Crippen LogP contribution in [0.4, 0.5) is 4.39 Å². The van der Waals surface area contributed by atoms with Gasteiger partial charge in [-0.15, -0.1) is 0 Å². The zero-order chi connectivity index (χ0) is 12.3. The molecule has 1 saturated heterocycles. The molecule has 92 valence electrons. The number of hydrogen-bond acceptors (Lipinski definition) is 1. The molecule has 0 amide bonds. The topological polar surface area (TPSA) is 19.0 Å². The van der Waals surface area contributed by atoms with Crippen LogP contribution >= 0.6 is 0 Å². The maximum atomic E-state index is 13.0. The minimum Gasteiger partial charge on any atom is -0.359 e. The number of hydrogen-bond donors (Lipinski definition) is 1. The first-order valence-electron chi connectivity index (χ1n) is 6.09. The summed E-state index contributed by atoms with van der Waals surface area (Å²) in [6.45, 7) is 4.60. The molecule has 0 aliphatic carbocycles. The molecule has 1 aliphatic heterocycles. The van der Waals surface area contributed by atoms with Crippen LogP contribution < -0.4 is 0 Å². The van der Waals surface area contributed by atoms with Crippen LogP contribution in [0.1, 0.15) is 18.4 Å². The SMILES string of the molecule is CN1CCCC1.Cc1c[nH]c2c(F)cccc12. The van der Waals surface area contributed by atoms with Crippen LogP contribution in [0.25, 0.3) is 10.9 Å². The van der Waals surface area contributed by atoms with E-state index in [1.54, 1.807) is 6.07 Å². The average molecular weight is 234 g/mol. The van der Waals surface area contributed by atoms with E-state index in [0.29, 0.717) is 5.52 Å². The number of aryl methyl sites for hydroxylation is 1. The maximum Gasteiger partial charge on any atom is 0.147 e.